The van der Waals surface area contributed by atoms with Gasteiger partial charge in [-0.25, -0.2) is 0 Å². The van der Waals surface area contributed by atoms with Crippen molar-refractivity contribution in [2.45, 2.75) is 83.6 Å². The van der Waals surface area contributed by atoms with E-state index in [0.29, 0.717) is 12.1 Å². The molecule has 24 heavy (non-hydrogen) atoms. The molecule has 0 unspecified atom stereocenters. The summed E-state index contributed by atoms with van der Waals surface area (Å²) in [6.07, 6.45) is 5.36. The summed E-state index contributed by atoms with van der Waals surface area (Å²) in [7, 11) is 0. The third-order valence-corrected chi connectivity index (χ3v) is 6.00. The van der Waals surface area contributed by atoms with Crippen LogP contribution in [0.25, 0.3) is 0 Å². The Hall–Kier alpha value is -0.160. The molecule has 140 valence electrons. The number of hydrogen-bond acceptors (Lipinski definition) is 4. The van der Waals surface area contributed by atoms with Crippen molar-refractivity contribution in [3.8, 4) is 0 Å². The molecule has 0 atom stereocenters. The van der Waals surface area contributed by atoms with Crippen LogP contribution in [0.2, 0.25) is 0 Å². The molecular weight excluding hydrogens is 300 g/mol. The molecular formula is C20H38N2O2. The lowest BCUT2D eigenvalue weighted by Gasteiger charge is -2.49. The Morgan fingerprint density at radius 2 is 1.79 bits per heavy atom. The number of piperidine rings is 1. The highest BCUT2D eigenvalue weighted by molar-refractivity contribution is 4.95. The maximum atomic E-state index is 6.29. The van der Waals surface area contributed by atoms with Crippen LogP contribution in [0.5, 0.6) is 0 Å². The second-order valence-corrected chi connectivity index (χ2v) is 9.59. The normalized spacial score (nSPS) is 32.2. The van der Waals surface area contributed by atoms with Gasteiger partial charge in [0.05, 0.1) is 23.9 Å². The highest BCUT2D eigenvalue weighted by Crippen LogP contribution is 2.36. The fourth-order valence-corrected chi connectivity index (χ4v) is 4.61. The molecule has 2 saturated heterocycles. The first-order valence-electron chi connectivity index (χ1n) is 10.0. The number of rotatable bonds is 4. The first kappa shape index (κ1) is 18.6. The summed E-state index contributed by atoms with van der Waals surface area (Å²) in [4.78, 5) is 5.26. The predicted octanol–water partition coefficient (Wildman–Crippen LogP) is 3.16. The Morgan fingerprint density at radius 3 is 2.38 bits per heavy atom. The van der Waals surface area contributed by atoms with E-state index in [0.717, 1.165) is 25.6 Å². The molecule has 0 aromatic heterocycles. The average Bonchev–Trinajstić information content (AvgIpc) is 2.44. The van der Waals surface area contributed by atoms with E-state index < -0.39 is 0 Å². The van der Waals surface area contributed by atoms with E-state index in [1.54, 1.807) is 0 Å². The van der Waals surface area contributed by atoms with Gasteiger partial charge >= 0.3 is 0 Å². The van der Waals surface area contributed by atoms with Crippen molar-refractivity contribution in [3.05, 3.63) is 0 Å². The fraction of sp³-hybridized carbons (Fsp3) is 1.00. The molecule has 3 aliphatic rings. The van der Waals surface area contributed by atoms with E-state index >= 15 is 0 Å². The summed E-state index contributed by atoms with van der Waals surface area (Å²) >= 11 is 0. The second kappa shape index (κ2) is 7.22. The molecule has 4 heteroatoms. The van der Waals surface area contributed by atoms with Gasteiger partial charge < -0.3 is 14.4 Å². The molecule has 0 aromatic rings. The SMILES string of the molecule is CC(C)N1CCC2(CC1)CN(CC1CC(OC(C)(C)C)C1)CCO2. The quantitative estimate of drug-likeness (QED) is 0.786. The summed E-state index contributed by atoms with van der Waals surface area (Å²) in [6.45, 7) is 17.9. The van der Waals surface area contributed by atoms with Gasteiger partial charge in [0.1, 0.15) is 0 Å². The molecule has 0 N–H and O–H groups in total. The lowest BCUT2D eigenvalue weighted by molar-refractivity contribution is -0.150. The minimum Gasteiger partial charge on any atom is -0.373 e. The first-order chi connectivity index (χ1) is 11.2. The molecule has 0 amide bonds. The van der Waals surface area contributed by atoms with Crippen LogP contribution >= 0.6 is 0 Å². The van der Waals surface area contributed by atoms with Crippen molar-refractivity contribution in [3.63, 3.8) is 0 Å². The molecule has 0 aromatic carbocycles. The monoisotopic (exact) mass is 338 g/mol. The van der Waals surface area contributed by atoms with Gasteiger partial charge in [0.2, 0.25) is 0 Å². The number of morpholine rings is 1. The van der Waals surface area contributed by atoms with Crippen LogP contribution in [-0.4, -0.2) is 72.5 Å². The number of hydrogen-bond donors (Lipinski definition) is 0. The van der Waals surface area contributed by atoms with E-state index in [4.69, 9.17) is 9.47 Å². The van der Waals surface area contributed by atoms with Crippen molar-refractivity contribution in [1.82, 2.24) is 9.80 Å². The van der Waals surface area contributed by atoms with Crippen LogP contribution in [0.1, 0.15) is 60.3 Å². The highest BCUT2D eigenvalue weighted by Gasteiger charge is 2.41. The maximum absolute atomic E-state index is 6.29. The Labute approximate surface area is 148 Å². The van der Waals surface area contributed by atoms with Gasteiger partial charge in [0.25, 0.3) is 0 Å². The van der Waals surface area contributed by atoms with Crippen molar-refractivity contribution in [2.24, 2.45) is 5.92 Å². The summed E-state index contributed by atoms with van der Waals surface area (Å²) in [6, 6.07) is 0.664. The summed E-state index contributed by atoms with van der Waals surface area (Å²) < 4.78 is 12.4. The molecule has 2 aliphatic heterocycles. The Morgan fingerprint density at radius 1 is 1.12 bits per heavy atom. The van der Waals surface area contributed by atoms with Crippen LogP contribution in [0.4, 0.5) is 0 Å². The zero-order valence-electron chi connectivity index (χ0n) is 16.5. The third kappa shape index (κ3) is 4.72. The van der Waals surface area contributed by atoms with Crippen LogP contribution in [0.15, 0.2) is 0 Å². The Bertz CT molecular complexity index is 404. The van der Waals surface area contributed by atoms with Crippen LogP contribution in [0.3, 0.4) is 0 Å². The molecule has 0 radical (unpaired) electrons. The number of ether oxygens (including phenoxy) is 2. The minimum atomic E-state index is 0.00302. The minimum absolute atomic E-state index is 0.00302. The van der Waals surface area contributed by atoms with Crippen molar-refractivity contribution >= 4 is 0 Å². The van der Waals surface area contributed by atoms with Crippen LogP contribution in [-0.2, 0) is 9.47 Å². The Kier molecular flexibility index (Phi) is 5.60. The summed E-state index contributed by atoms with van der Waals surface area (Å²) in [5, 5.41) is 0. The smallest absolute Gasteiger partial charge is 0.0833 e. The van der Waals surface area contributed by atoms with Gasteiger partial charge in [0, 0.05) is 38.8 Å². The summed E-state index contributed by atoms with van der Waals surface area (Å²) in [5.74, 6) is 0.822. The fourth-order valence-electron chi connectivity index (χ4n) is 4.61. The van der Waals surface area contributed by atoms with Crippen molar-refractivity contribution in [2.75, 3.05) is 39.3 Å². The topological polar surface area (TPSA) is 24.9 Å². The van der Waals surface area contributed by atoms with Crippen molar-refractivity contribution < 1.29 is 9.47 Å². The lowest BCUT2D eigenvalue weighted by atomic mass is 9.80. The molecule has 2 heterocycles. The Balaban J connectivity index is 1.42. The molecule has 1 aliphatic carbocycles. The summed E-state index contributed by atoms with van der Waals surface area (Å²) in [5.41, 5.74) is 0.137. The van der Waals surface area contributed by atoms with E-state index in [9.17, 15) is 0 Å². The predicted molar refractivity (Wildman–Crippen MR) is 98.4 cm³/mol. The first-order valence-corrected chi connectivity index (χ1v) is 10.0. The van der Waals surface area contributed by atoms with Gasteiger partial charge in [-0.2, -0.15) is 0 Å². The van der Waals surface area contributed by atoms with E-state index in [1.807, 2.05) is 0 Å². The molecule has 1 saturated carbocycles. The van der Waals surface area contributed by atoms with Gasteiger partial charge in [-0.15, -0.1) is 0 Å². The lowest BCUT2D eigenvalue weighted by Crippen LogP contribution is -2.58. The molecule has 3 fully saturated rings. The molecule has 3 rings (SSSR count). The zero-order valence-corrected chi connectivity index (χ0v) is 16.5. The maximum Gasteiger partial charge on any atom is 0.0833 e. The van der Waals surface area contributed by atoms with E-state index in [2.05, 4.69) is 44.4 Å². The molecule has 0 bridgehead atoms. The standard InChI is InChI=1S/C20H38N2O2/c1-16(2)22-8-6-20(7-9-22)15-21(10-11-23-20)14-17-12-18(13-17)24-19(3,4)5/h16-18H,6-15H2,1-5H3. The average molecular weight is 339 g/mol. The van der Waals surface area contributed by atoms with E-state index in [-0.39, 0.29) is 11.2 Å². The van der Waals surface area contributed by atoms with Gasteiger partial charge in [-0.3, -0.25) is 4.90 Å². The van der Waals surface area contributed by atoms with Crippen LogP contribution < -0.4 is 0 Å². The largest absolute Gasteiger partial charge is 0.373 e. The van der Waals surface area contributed by atoms with Gasteiger partial charge in [-0.1, -0.05) is 0 Å². The van der Waals surface area contributed by atoms with Crippen molar-refractivity contribution in [1.29, 1.82) is 0 Å². The second-order valence-electron chi connectivity index (χ2n) is 9.59. The molecule has 4 nitrogen and oxygen atoms in total. The number of likely N-dealkylation sites (tertiary alicyclic amines) is 1. The number of nitrogens with zero attached hydrogens (tertiary/aromatic N) is 2. The third-order valence-electron chi connectivity index (χ3n) is 6.00. The van der Waals surface area contributed by atoms with Gasteiger partial charge in [-0.05, 0) is 66.2 Å². The highest BCUT2D eigenvalue weighted by atomic mass is 16.5. The molecule has 1 spiro atoms. The zero-order chi connectivity index (χ0) is 17.4. The van der Waals surface area contributed by atoms with Crippen LogP contribution in [0, 0.1) is 5.92 Å². The van der Waals surface area contributed by atoms with E-state index in [1.165, 1.54) is 45.3 Å². The van der Waals surface area contributed by atoms with Gasteiger partial charge in [0.15, 0.2) is 0 Å².